The van der Waals surface area contributed by atoms with Crippen LogP contribution in [0.15, 0.2) is 18.3 Å². The van der Waals surface area contributed by atoms with Crippen LogP contribution in [0.4, 0.5) is 5.82 Å². The summed E-state index contributed by atoms with van der Waals surface area (Å²) in [6.45, 7) is 2.80. The average molecular weight is 246 g/mol. The van der Waals surface area contributed by atoms with Gasteiger partial charge in [-0.05, 0) is 30.9 Å². The van der Waals surface area contributed by atoms with Crippen molar-refractivity contribution in [2.45, 2.75) is 45.4 Å². The quantitative estimate of drug-likeness (QED) is 0.747. The fourth-order valence-corrected chi connectivity index (χ4v) is 2.65. The molecule has 0 unspecified atom stereocenters. The molecule has 1 aliphatic carbocycles. The highest BCUT2D eigenvalue weighted by molar-refractivity contribution is 5.72. The van der Waals surface area contributed by atoms with E-state index in [1.807, 2.05) is 25.3 Å². The van der Waals surface area contributed by atoms with Gasteiger partial charge in [0.25, 0.3) is 0 Å². The molecule has 0 spiro atoms. The normalized spacial score (nSPS) is 16.5. The molecule has 0 aromatic carbocycles. The number of carbonyl (C=O) groups excluding carboxylic acids is 1. The van der Waals surface area contributed by atoms with Gasteiger partial charge in [0.1, 0.15) is 5.82 Å². The smallest absolute Gasteiger partial charge is 0.215 e. The van der Waals surface area contributed by atoms with E-state index >= 15 is 0 Å². The molecule has 1 aromatic rings. The fourth-order valence-electron chi connectivity index (χ4n) is 2.65. The highest BCUT2D eigenvalue weighted by Gasteiger charge is 2.15. The Hall–Kier alpha value is -1.38. The van der Waals surface area contributed by atoms with Crippen molar-refractivity contribution in [2.75, 3.05) is 11.4 Å². The Bertz CT molecular complexity index is 369. The molecule has 1 heterocycles. The van der Waals surface area contributed by atoms with Crippen LogP contribution in [-0.4, -0.2) is 17.9 Å². The van der Waals surface area contributed by atoms with E-state index in [4.69, 9.17) is 0 Å². The van der Waals surface area contributed by atoms with Crippen LogP contribution in [0.3, 0.4) is 0 Å². The molecule has 1 saturated carbocycles. The number of aryl methyl sites for hydroxylation is 1. The van der Waals surface area contributed by atoms with Gasteiger partial charge < -0.3 is 0 Å². The summed E-state index contributed by atoms with van der Waals surface area (Å²) in [5.41, 5.74) is 1.12. The van der Waals surface area contributed by atoms with Crippen molar-refractivity contribution in [3.8, 4) is 0 Å². The number of aromatic nitrogens is 1. The Morgan fingerprint density at radius 3 is 2.72 bits per heavy atom. The van der Waals surface area contributed by atoms with Gasteiger partial charge in [0.05, 0.1) is 0 Å². The van der Waals surface area contributed by atoms with E-state index in [-0.39, 0.29) is 0 Å². The first-order chi connectivity index (χ1) is 8.79. The number of nitrogens with zero attached hydrogens (tertiary/aromatic N) is 2. The lowest BCUT2D eigenvalue weighted by Crippen LogP contribution is -2.25. The largest absolute Gasteiger partial charge is 0.299 e. The summed E-state index contributed by atoms with van der Waals surface area (Å²) in [5.74, 6) is 1.57. The molecule has 18 heavy (non-hydrogen) atoms. The molecular formula is C15H22N2O. The lowest BCUT2D eigenvalue weighted by molar-refractivity contribution is -0.107. The minimum Gasteiger partial charge on any atom is -0.299 e. The van der Waals surface area contributed by atoms with E-state index in [2.05, 4.69) is 4.98 Å². The molecule has 0 radical (unpaired) electrons. The molecule has 1 fully saturated rings. The molecule has 0 atom stereocenters. The van der Waals surface area contributed by atoms with Crippen molar-refractivity contribution in [3.63, 3.8) is 0 Å². The predicted molar refractivity (Wildman–Crippen MR) is 73.6 cm³/mol. The molecular weight excluding hydrogens is 224 g/mol. The van der Waals surface area contributed by atoms with Crippen molar-refractivity contribution in [3.05, 3.63) is 23.9 Å². The molecule has 0 N–H and O–H groups in total. The second kappa shape index (κ2) is 6.53. The van der Waals surface area contributed by atoms with Crippen molar-refractivity contribution < 1.29 is 4.79 Å². The van der Waals surface area contributed by atoms with E-state index in [0.29, 0.717) is 0 Å². The number of pyridine rings is 1. The SMILES string of the molecule is Cc1ccc(N(C=O)CCC2CCCCC2)nc1. The third-order valence-corrected chi connectivity index (χ3v) is 3.82. The minimum atomic E-state index is 0.770. The molecule has 0 bridgehead atoms. The zero-order chi connectivity index (χ0) is 12.8. The lowest BCUT2D eigenvalue weighted by Gasteiger charge is -2.24. The van der Waals surface area contributed by atoms with Crippen LogP contribution in [0.2, 0.25) is 0 Å². The summed E-state index contributed by atoms with van der Waals surface area (Å²) in [6, 6.07) is 3.92. The van der Waals surface area contributed by atoms with Gasteiger partial charge in [-0.2, -0.15) is 0 Å². The van der Waals surface area contributed by atoms with Crippen LogP contribution in [0, 0.1) is 12.8 Å². The standard InChI is InChI=1S/C15H22N2O/c1-13-7-8-15(16-11-13)17(12-18)10-9-14-5-3-2-4-6-14/h7-8,11-12,14H,2-6,9-10H2,1H3. The Morgan fingerprint density at radius 2 is 2.11 bits per heavy atom. The zero-order valence-electron chi connectivity index (χ0n) is 11.1. The summed E-state index contributed by atoms with van der Waals surface area (Å²) in [7, 11) is 0. The fraction of sp³-hybridized carbons (Fsp3) is 0.600. The molecule has 3 heteroatoms. The van der Waals surface area contributed by atoms with E-state index < -0.39 is 0 Å². The van der Waals surface area contributed by atoms with Crippen molar-refractivity contribution >= 4 is 12.2 Å². The van der Waals surface area contributed by atoms with Gasteiger partial charge in [-0.3, -0.25) is 9.69 Å². The maximum absolute atomic E-state index is 11.1. The highest BCUT2D eigenvalue weighted by Crippen LogP contribution is 2.26. The number of carbonyl (C=O) groups is 1. The van der Waals surface area contributed by atoms with Gasteiger partial charge in [0.15, 0.2) is 0 Å². The Balaban J connectivity index is 1.88. The number of hydrogen-bond acceptors (Lipinski definition) is 2. The Labute approximate surface area is 109 Å². The Kier molecular flexibility index (Phi) is 4.73. The van der Waals surface area contributed by atoms with E-state index in [9.17, 15) is 4.79 Å². The Morgan fingerprint density at radius 1 is 1.33 bits per heavy atom. The van der Waals surface area contributed by atoms with E-state index in [0.717, 1.165) is 36.7 Å². The van der Waals surface area contributed by atoms with Crippen molar-refractivity contribution in [2.24, 2.45) is 5.92 Å². The van der Waals surface area contributed by atoms with Crippen LogP contribution in [0.25, 0.3) is 0 Å². The summed E-state index contributed by atoms with van der Waals surface area (Å²) >= 11 is 0. The maximum Gasteiger partial charge on any atom is 0.215 e. The van der Waals surface area contributed by atoms with E-state index in [1.165, 1.54) is 32.1 Å². The number of hydrogen-bond donors (Lipinski definition) is 0. The second-order valence-corrected chi connectivity index (χ2v) is 5.29. The summed E-state index contributed by atoms with van der Waals surface area (Å²) in [6.07, 6.45) is 10.6. The number of rotatable bonds is 5. The third kappa shape index (κ3) is 3.56. The van der Waals surface area contributed by atoms with Crippen LogP contribution in [0.5, 0.6) is 0 Å². The molecule has 3 nitrogen and oxygen atoms in total. The van der Waals surface area contributed by atoms with Crippen LogP contribution < -0.4 is 4.90 Å². The molecule has 1 aliphatic rings. The molecule has 2 rings (SSSR count). The molecule has 98 valence electrons. The highest BCUT2D eigenvalue weighted by atomic mass is 16.1. The van der Waals surface area contributed by atoms with Gasteiger partial charge in [-0.1, -0.05) is 38.2 Å². The monoisotopic (exact) mass is 246 g/mol. The second-order valence-electron chi connectivity index (χ2n) is 5.29. The minimum absolute atomic E-state index is 0.770. The first kappa shape index (κ1) is 13.1. The molecule has 0 saturated heterocycles. The summed E-state index contributed by atoms with van der Waals surface area (Å²) < 4.78 is 0. The zero-order valence-corrected chi connectivity index (χ0v) is 11.1. The maximum atomic E-state index is 11.1. The average Bonchev–Trinajstić information content (AvgIpc) is 2.42. The van der Waals surface area contributed by atoms with Gasteiger partial charge >= 0.3 is 0 Å². The number of amides is 1. The summed E-state index contributed by atoms with van der Waals surface area (Å²) in [4.78, 5) is 17.2. The molecule has 1 amide bonds. The third-order valence-electron chi connectivity index (χ3n) is 3.82. The van der Waals surface area contributed by atoms with Crippen molar-refractivity contribution in [1.82, 2.24) is 4.98 Å². The van der Waals surface area contributed by atoms with Crippen molar-refractivity contribution in [1.29, 1.82) is 0 Å². The molecule has 0 aliphatic heterocycles. The molecule has 1 aromatic heterocycles. The van der Waals surface area contributed by atoms with Gasteiger partial charge in [-0.25, -0.2) is 4.98 Å². The van der Waals surface area contributed by atoms with Gasteiger partial charge in [0.2, 0.25) is 6.41 Å². The van der Waals surface area contributed by atoms with Crippen LogP contribution in [-0.2, 0) is 4.79 Å². The van der Waals surface area contributed by atoms with Crippen LogP contribution in [0.1, 0.15) is 44.1 Å². The predicted octanol–water partition coefficient (Wildman–Crippen LogP) is 3.32. The van der Waals surface area contributed by atoms with Gasteiger partial charge in [-0.15, -0.1) is 0 Å². The van der Waals surface area contributed by atoms with Crippen LogP contribution >= 0.6 is 0 Å². The van der Waals surface area contributed by atoms with E-state index in [1.54, 1.807) is 4.90 Å². The first-order valence-corrected chi connectivity index (χ1v) is 6.94. The summed E-state index contributed by atoms with van der Waals surface area (Å²) in [5, 5.41) is 0. The first-order valence-electron chi connectivity index (χ1n) is 6.94. The van der Waals surface area contributed by atoms with Gasteiger partial charge in [0, 0.05) is 12.7 Å². The topological polar surface area (TPSA) is 33.2 Å². The lowest BCUT2D eigenvalue weighted by atomic mass is 9.87. The number of anilines is 1.